The number of carboxylic acid groups (broad SMARTS) is 1. The number of aliphatic carboxylic acids is 1. The molecule has 1 atom stereocenters. The van der Waals surface area contributed by atoms with Crippen molar-refractivity contribution in [1.82, 2.24) is 0 Å². The fourth-order valence-corrected chi connectivity index (χ4v) is 1.68. The van der Waals surface area contributed by atoms with Gasteiger partial charge in [0.05, 0.1) is 10.7 Å². The minimum atomic E-state index is -1.11. The largest absolute Gasteiger partial charge is 0.481 e. The van der Waals surface area contributed by atoms with E-state index in [9.17, 15) is 14.4 Å². The monoisotopic (exact) mass is 244 g/mol. The Morgan fingerprint density at radius 2 is 1.94 bits per heavy atom. The Kier molecular flexibility index (Phi) is 2.85. The van der Waals surface area contributed by atoms with Crippen molar-refractivity contribution in [3.05, 3.63) is 47.1 Å². The maximum Gasteiger partial charge on any atom is 0.338 e. The Morgan fingerprint density at radius 3 is 2.56 bits per heavy atom. The molecule has 1 aromatic rings. The molecule has 6 nitrogen and oxygen atoms in total. The molecule has 1 aliphatic heterocycles. The van der Waals surface area contributed by atoms with Crippen LogP contribution >= 0.6 is 0 Å². The standard InChI is InChI=1S/C12H8N2O4/c1-2-6(12(17)18)7-4-3-5-8-9(7)14-11(16)10(15)13-8/h2-6H,1H2,(H,17,18). The van der Waals surface area contributed by atoms with Crippen molar-refractivity contribution in [2.24, 2.45) is 9.98 Å². The van der Waals surface area contributed by atoms with Crippen LogP contribution in [0.2, 0.25) is 0 Å². The lowest BCUT2D eigenvalue weighted by Crippen LogP contribution is -2.38. The topological polar surface area (TPSA) is 96.2 Å². The number of benzene rings is 1. The number of carbonyl (C=O) groups excluding carboxylic acids is 2. The normalized spacial score (nSPS) is 15.1. The van der Waals surface area contributed by atoms with Gasteiger partial charge < -0.3 is 5.11 Å². The number of para-hydroxylation sites is 1. The molecule has 0 radical (unpaired) electrons. The van der Waals surface area contributed by atoms with Crippen LogP contribution in [0.15, 0.2) is 40.8 Å². The molecular weight excluding hydrogens is 236 g/mol. The second-order valence-corrected chi connectivity index (χ2v) is 3.60. The molecule has 0 aromatic heterocycles. The Morgan fingerprint density at radius 1 is 1.28 bits per heavy atom. The molecule has 1 N–H and O–H groups in total. The summed E-state index contributed by atoms with van der Waals surface area (Å²) >= 11 is 0. The average Bonchev–Trinajstić information content (AvgIpc) is 2.32. The number of rotatable bonds is 3. The molecule has 1 aliphatic rings. The van der Waals surface area contributed by atoms with E-state index in [0.29, 0.717) is 5.56 Å². The molecule has 0 saturated carbocycles. The van der Waals surface area contributed by atoms with Crippen molar-refractivity contribution in [3.8, 4) is 0 Å². The van der Waals surface area contributed by atoms with Gasteiger partial charge in [0.2, 0.25) is 0 Å². The summed E-state index contributed by atoms with van der Waals surface area (Å²) in [7, 11) is 0. The first kappa shape index (κ1) is 11.8. The lowest BCUT2D eigenvalue weighted by Gasteiger charge is -2.09. The molecule has 2 rings (SSSR count). The number of nitrogens with zero attached hydrogens (tertiary/aromatic N) is 2. The first-order valence-corrected chi connectivity index (χ1v) is 5.04. The van der Waals surface area contributed by atoms with Gasteiger partial charge >= 0.3 is 17.8 Å². The van der Waals surface area contributed by atoms with Gasteiger partial charge in [0.25, 0.3) is 0 Å². The van der Waals surface area contributed by atoms with E-state index in [-0.39, 0.29) is 10.7 Å². The van der Waals surface area contributed by atoms with Crippen molar-refractivity contribution >= 4 is 17.8 Å². The van der Waals surface area contributed by atoms with Crippen molar-refractivity contribution < 1.29 is 19.5 Å². The van der Waals surface area contributed by atoms with E-state index in [1.165, 1.54) is 18.2 Å². The number of carboxylic acids is 1. The van der Waals surface area contributed by atoms with Crippen molar-refractivity contribution in [1.29, 1.82) is 0 Å². The summed E-state index contributed by atoms with van der Waals surface area (Å²) in [5, 5.41) is 9.37. The van der Waals surface area contributed by atoms with E-state index < -0.39 is 23.7 Å². The first-order chi connectivity index (χ1) is 8.54. The molecule has 90 valence electrons. The molecule has 0 fully saturated rings. The molecular formula is C12H8N2O4. The maximum atomic E-state index is 11.2. The van der Waals surface area contributed by atoms with Crippen LogP contribution in [0.3, 0.4) is 0 Å². The number of amides is 2. The molecule has 1 aromatic carbocycles. The number of fused-ring (bicyclic) bond motifs is 1. The smallest absolute Gasteiger partial charge is 0.338 e. The SMILES string of the molecule is C=CC(C(=O)O)c1cccc2c1=NC(=O)C(=O)N=2. The third-order valence-electron chi connectivity index (χ3n) is 2.50. The maximum absolute atomic E-state index is 11.2. The van der Waals surface area contributed by atoms with Gasteiger partial charge in [-0.3, -0.25) is 14.4 Å². The Hall–Kier alpha value is -2.63. The fourth-order valence-electron chi connectivity index (χ4n) is 1.68. The van der Waals surface area contributed by atoms with Crippen LogP contribution in [0.1, 0.15) is 11.5 Å². The van der Waals surface area contributed by atoms with E-state index in [0.717, 1.165) is 0 Å². The van der Waals surface area contributed by atoms with Crippen LogP contribution in [-0.2, 0) is 14.4 Å². The average molecular weight is 244 g/mol. The summed E-state index contributed by atoms with van der Waals surface area (Å²) in [6.07, 6.45) is 1.23. The van der Waals surface area contributed by atoms with Crippen LogP contribution in [0, 0.1) is 0 Å². The van der Waals surface area contributed by atoms with E-state index in [1.807, 2.05) is 0 Å². The third kappa shape index (κ3) is 1.84. The second kappa shape index (κ2) is 4.33. The van der Waals surface area contributed by atoms with E-state index in [4.69, 9.17) is 5.11 Å². The number of carbonyl (C=O) groups is 3. The van der Waals surface area contributed by atoms with Gasteiger partial charge in [0.15, 0.2) is 0 Å². The number of hydrogen-bond donors (Lipinski definition) is 1. The molecule has 6 heteroatoms. The van der Waals surface area contributed by atoms with Gasteiger partial charge in [0, 0.05) is 0 Å². The summed E-state index contributed by atoms with van der Waals surface area (Å²) in [5.74, 6) is -4.06. The predicted molar refractivity (Wildman–Crippen MR) is 59.3 cm³/mol. The summed E-state index contributed by atoms with van der Waals surface area (Å²) in [6.45, 7) is 3.44. The van der Waals surface area contributed by atoms with Crippen molar-refractivity contribution in [2.75, 3.05) is 0 Å². The van der Waals surface area contributed by atoms with Crippen LogP contribution in [0.5, 0.6) is 0 Å². The Bertz CT molecular complexity index is 691. The summed E-state index contributed by atoms with van der Waals surface area (Å²) in [5.41, 5.74) is 0.291. The van der Waals surface area contributed by atoms with Gasteiger partial charge in [-0.15, -0.1) is 6.58 Å². The lowest BCUT2D eigenvalue weighted by atomic mass is 9.98. The summed E-state index contributed by atoms with van der Waals surface area (Å²) in [4.78, 5) is 40.5. The second-order valence-electron chi connectivity index (χ2n) is 3.60. The highest BCUT2D eigenvalue weighted by Gasteiger charge is 2.22. The summed E-state index contributed by atoms with van der Waals surface area (Å²) in [6, 6.07) is 4.56. The van der Waals surface area contributed by atoms with Crippen LogP contribution in [0.25, 0.3) is 0 Å². The van der Waals surface area contributed by atoms with Gasteiger partial charge in [0.1, 0.15) is 5.92 Å². The molecule has 0 spiro atoms. The molecule has 0 bridgehead atoms. The first-order valence-electron chi connectivity index (χ1n) is 5.04. The van der Waals surface area contributed by atoms with Gasteiger partial charge in [-0.05, 0) is 11.6 Å². The Labute approximate surface area is 101 Å². The van der Waals surface area contributed by atoms with E-state index >= 15 is 0 Å². The molecule has 1 heterocycles. The predicted octanol–water partition coefficient (Wildman–Crippen LogP) is -0.653. The van der Waals surface area contributed by atoms with Crippen LogP contribution < -0.4 is 10.7 Å². The Balaban J connectivity index is 2.78. The van der Waals surface area contributed by atoms with E-state index in [1.54, 1.807) is 6.07 Å². The molecule has 0 saturated heterocycles. The van der Waals surface area contributed by atoms with Gasteiger partial charge in [-0.25, -0.2) is 9.98 Å². The molecule has 18 heavy (non-hydrogen) atoms. The van der Waals surface area contributed by atoms with Gasteiger partial charge in [-0.1, -0.05) is 18.2 Å². The minimum Gasteiger partial charge on any atom is -0.481 e. The summed E-state index contributed by atoms with van der Waals surface area (Å²) < 4.78 is 0. The third-order valence-corrected chi connectivity index (χ3v) is 2.50. The zero-order valence-corrected chi connectivity index (χ0v) is 9.16. The van der Waals surface area contributed by atoms with Crippen molar-refractivity contribution in [3.63, 3.8) is 0 Å². The quantitative estimate of drug-likeness (QED) is 0.564. The highest BCUT2D eigenvalue weighted by Crippen LogP contribution is 2.12. The minimum absolute atomic E-state index is 0.120. The van der Waals surface area contributed by atoms with Crippen LogP contribution in [0.4, 0.5) is 0 Å². The lowest BCUT2D eigenvalue weighted by molar-refractivity contribution is -0.137. The fraction of sp³-hybridized carbons (Fsp3) is 0.0833. The van der Waals surface area contributed by atoms with Crippen LogP contribution in [-0.4, -0.2) is 22.9 Å². The highest BCUT2D eigenvalue weighted by molar-refractivity contribution is 6.36. The highest BCUT2D eigenvalue weighted by atomic mass is 16.4. The zero-order valence-electron chi connectivity index (χ0n) is 9.16. The van der Waals surface area contributed by atoms with E-state index in [2.05, 4.69) is 16.6 Å². The molecule has 0 aliphatic carbocycles. The molecule has 2 amide bonds. The van der Waals surface area contributed by atoms with Gasteiger partial charge in [-0.2, -0.15) is 0 Å². The molecule has 1 unspecified atom stereocenters. The number of hydrogen-bond acceptors (Lipinski definition) is 3. The van der Waals surface area contributed by atoms with Crippen molar-refractivity contribution in [2.45, 2.75) is 5.92 Å². The zero-order chi connectivity index (χ0) is 13.3.